The molecule has 0 aliphatic carbocycles. The number of fused-ring (bicyclic) bond motifs is 1. The fourth-order valence-electron chi connectivity index (χ4n) is 2.50. The third-order valence-electron chi connectivity index (χ3n) is 3.75. The van der Waals surface area contributed by atoms with E-state index in [4.69, 9.17) is 4.74 Å². The lowest BCUT2D eigenvalue weighted by atomic mass is 10.1. The van der Waals surface area contributed by atoms with Gasteiger partial charge in [-0.2, -0.15) is 0 Å². The van der Waals surface area contributed by atoms with Gasteiger partial charge >= 0.3 is 5.97 Å². The first-order chi connectivity index (χ1) is 12.0. The van der Waals surface area contributed by atoms with E-state index in [1.54, 1.807) is 24.3 Å². The minimum atomic E-state index is -1.07. The van der Waals surface area contributed by atoms with Crippen LogP contribution in [0.5, 0.6) is 0 Å². The van der Waals surface area contributed by atoms with Crippen LogP contribution in [-0.2, 0) is 4.74 Å². The number of hydrogen-bond donors (Lipinski definition) is 1. The van der Waals surface area contributed by atoms with Crippen LogP contribution in [0.4, 0.5) is 4.39 Å². The van der Waals surface area contributed by atoms with Gasteiger partial charge in [-0.1, -0.05) is 18.2 Å². The number of benzene rings is 2. The van der Waals surface area contributed by atoms with E-state index in [0.29, 0.717) is 10.9 Å². The number of H-pyrrole nitrogens is 1. The molecule has 0 spiro atoms. The average molecular weight is 339 g/mol. The summed E-state index contributed by atoms with van der Waals surface area (Å²) in [5.41, 5.74) is 0.373. The smallest absolute Gasteiger partial charge is 0.339 e. The van der Waals surface area contributed by atoms with Crippen molar-refractivity contribution in [3.8, 4) is 0 Å². The predicted molar refractivity (Wildman–Crippen MR) is 90.2 cm³/mol. The maximum atomic E-state index is 12.9. The molecule has 1 aromatic heterocycles. The molecule has 6 heteroatoms. The van der Waals surface area contributed by atoms with Crippen LogP contribution in [0.3, 0.4) is 0 Å². The maximum Gasteiger partial charge on any atom is 0.339 e. The van der Waals surface area contributed by atoms with Crippen LogP contribution >= 0.6 is 0 Å². The Morgan fingerprint density at radius 1 is 1.08 bits per heavy atom. The first-order valence-electron chi connectivity index (χ1n) is 7.58. The zero-order valence-electron chi connectivity index (χ0n) is 13.3. The van der Waals surface area contributed by atoms with Crippen LogP contribution in [0.25, 0.3) is 10.9 Å². The Kier molecular flexibility index (Phi) is 4.43. The number of carbonyl (C=O) groups excluding carboxylic acids is 2. The van der Waals surface area contributed by atoms with Gasteiger partial charge in [0.2, 0.25) is 11.3 Å². The summed E-state index contributed by atoms with van der Waals surface area (Å²) in [7, 11) is 0. The van der Waals surface area contributed by atoms with Gasteiger partial charge in [-0.25, -0.2) is 9.18 Å². The lowest BCUT2D eigenvalue weighted by molar-refractivity contribution is 0.0320. The molecule has 0 aliphatic rings. The number of carbonyl (C=O) groups is 2. The van der Waals surface area contributed by atoms with E-state index in [2.05, 4.69) is 4.98 Å². The van der Waals surface area contributed by atoms with E-state index in [9.17, 15) is 18.8 Å². The van der Waals surface area contributed by atoms with Gasteiger partial charge in [-0.3, -0.25) is 9.59 Å². The maximum absolute atomic E-state index is 12.9. The number of nitrogens with one attached hydrogen (secondary N) is 1. The quantitative estimate of drug-likeness (QED) is 0.585. The van der Waals surface area contributed by atoms with Crippen LogP contribution in [-0.4, -0.2) is 22.8 Å². The lowest BCUT2D eigenvalue weighted by Gasteiger charge is -2.13. The molecule has 0 saturated heterocycles. The largest absolute Gasteiger partial charge is 0.451 e. The van der Waals surface area contributed by atoms with Crippen molar-refractivity contribution in [2.24, 2.45) is 0 Å². The molecule has 1 heterocycles. The Morgan fingerprint density at radius 2 is 1.76 bits per heavy atom. The number of hydrogen-bond acceptors (Lipinski definition) is 4. The summed E-state index contributed by atoms with van der Waals surface area (Å²) >= 11 is 0. The molecular formula is C19H14FNO4. The molecule has 1 N–H and O–H groups in total. The number of rotatable bonds is 4. The summed E-state index contributed by atoms with van der Waals surface area (Å²) < 4.78 is 18.2. The molecule has 25 heavy (non-hydrogen) atoms. The molecule has 126 valence electrons. The molecule has 5 nitrogen and oxygen atoms in total. The van der Waals surface area contributed by atoms with Gasteiger partial charge in [0.1, 0.15) is 5.82 Å². The summed E-state index contributed by atoms with van der Waals surface area (Å²) in [5.74, 6) is -1.69. The number of para-hydroxylation sites is 1. The molecule has 3 rings (SSSR count). The van der Waals surface area contributed by atoms with Gasteiger partial charge < -0.3 is 9.72 Å². The summed E-state index contributed by atoms with van der Waals surface area (Å²) in [6, 6.07) is 12.9. The number of Topliss-reactive ketones (excluding diaryl/α,β-unsaturated/α-hetero) is 1. The monoisotopic (exact) mass is 339 g/mol. The van der Waals surface area contributed by atoms with Crippen molar-refractivity contribution < 1.29 is 18.7 Å². The number of ketones is 1. The molecule has 0 radical (unpaired) electrons. The summed E-state index contributed by atoms with van der Waals surface area (Å²) in [5, 5.41) is 0.522. The van der Waals surface area contributed by atoms with E-state index >= 15 is 0 Å². The number of esters is 1. The number of ether oxygens (including phenoxy) is 1. The molecule has 1 atom stereocenters. The van der Waals surface area contributed by atoms with Crippen LogP contribution in [0.15, 0.2) is 59.4 Å². The highest BCUT2D eigenvalue weighted by Gasteiger charge is 2.22. The predicted octanol–water partition coefficient (Wildman–Crippen LogP) is 3.10. The van der Waals surface area contributed by atoms with E-state index in [-0.39, 0.29) is 11.1 Å². The molecular weight excluding hydrogens is 325 g/mol. The summed E-state index contributed by atoms with van der Waals surface area (Å²) in [4.78, 5) is 39.1. The SMILES string of the molecule is C[C@@H](OC(=O)c1cc(=O)[nH]c2ccccc12)C(=O)c1ccc(F)cc1. The second-order valence-corrected chi connectivity index (χ2v) is 5.51. The molecule has 0 amide bonds. The summed E-state index contributed by atoms with van der Waals surface area (Å²) in [6.07, 6.45) is -1.07. The zero-order valence-corrected chi connectivity index (χ0v) is 13.3. The molecule has 0 fully saturated rings. The lowest BCUT2D eigenvalue weighted by Crippen LogP contribution is -2.25. The first-order valence-corrected chi connectivity index (χ1v) is 7.58. The Balaban J connectivity index is 1.86. The van der Waals surface area contributed by atoms with Crippen molar-refractivity contribution in [1.82, 2.24) is 4.98 Å². The van der Waals surface area contributed by atoms with Crippen molar-refractivity contribution in [2.75, 3.05) is 0 Å². The second-order valence-electron chi connectivity index (χ2n) is 5.51. The van der Waals surface area contributed by atoms with Gasteiger partial charge in [0.25, 0.3) is 0 Å². The minimum Gasteiger partial charge on any atom is -0.451 e. The zero-order chi connectivity index (χ0) is 18.0. The Morgan fingerprint density at radius 3 is 2.48 bits per heavy atom. The molecule has 3 aromatic rings. The number of aromatic nitrogens is 1. The van der Waals surface area contributed by atoms with E-state index in [1.807, 2.05) is 0 Å². The van der Waals surface area contributed by atoms with Crippen molar-refractivity contribution >= 4 is 22.7 Å². The van der Waals surface area contributed by atoms with Crippen LogP contribution in [0, 0.1) is 5.82 Å². The normalized spacial score (nSPS) is 11.9. The van der Waals surface area contributed by atoms with E-state index in [0.717, 1.165) is 18.2 Å². The van der Waals surface area contributed by atoms with Crippen LogP contribution < -0.4 is 5.56 Å². The fourth-order valence-corrected chi connectivity index (χ4v) is 2.50. The van der Waals surface area contributed by atoms with Crippen molar-refractivity contribution in [3.05, 3.63) is 81.9 Å². The Bertz CT molecular complexity index is 1010. The van der Waals surface area contributed by atoms with E-state index < -0.39 is 29.2 Å². The van der Waals surface area contributed by atoms with Crippen molar-refractivity contribution in [3.63, 3.8) is 0 Å². The molecule has 2 aromatic carbocycles. The van der Waals surface area contributed by atoms with E-state index in [1.165, 1.54) is 19.1 Å². The van der Waals surface area contributed by atoms with Crippen molar-refractivity contribution in [1.29, 1.82) is 0 Å². The number of pyridine rings is 1. The molecule has 0 saturated carbocycles. The van der Waals surface area contributed by atoms with Gasteiger partial charge in [-0.05, 0) is 37.3 Å². The topological polar surface area (TPSA) is 76.2 Å². The first kappa shape index (κ1) is 16.6. The van der Waals surface area contributed by atoms with Gasteiger partial charge in [0.05, 0.1) is 5.56 Å². The fraction of sp³-hybridized carbons (Fsp3) is 0.105. The Hall–Kier alpha value is -3.28. The van der Waals surface area contributed by atoms with Crippen LogP contribution in [0.2, 0.25) is 0 Å². The van der Waals surface area contributed by atoms with Gasteiger partial charge in [0.15, 0.2) is 6.10 Å². The highest BCUT2D eigenvalue weighted by atomic mass is 19.1. The standard InChI is InChI=1S/C19H14FNO4/c1-11(18(23)12-6-8-13(20)9-7-12)25-19(24)15-10-17(22)21-16-5-3-2-4-14(15)16/h2-11H,1H3,(H,21,22)/t11-/m1/s1. The van der Waals surface area contributed by atoms with Crippen molar-refractivity contribution in [2.45, 2.75) is 13.0 Å². The number of aromatic amines is 1. The van der Waals surface area contributed by atoms with Gasteiger partial charge in [0, 0.05) is 22.5 Å². The third kappa shape index (κ3) is 3.47. The molecule has 0 unspecified atom stereocenters. The molecule has 0 aliphatic heterocycles. The second kappa shape index (κ2) is 6.68. The number of halogens is 1. The minimum absolute atomic E-state index is 0.0816. The highest BCUT2D eigenvalue weighted by molar-refractivity contribution is 6.05. The molecule has 0 bridgehead atoms. The highest BCUT2D eigenvalue weighted by Crippen LogP contribution is 2.17. The van der Waals surface area contributed by atoms with Crippen LogP contribution in [0.1, 0.15) is 27.6 Å². The third-order valence-corrected chi connectivity index (χ3v) is 3.75. The van der Waals surface area contributed by atoms with Gasteiger partial charge in [-0.15, -0.1) is 0 Å². The Labute approximate surface area is 142 Å². The average Bonchev–Trinajstić information content (AvgIpc) is 2.60. The summed E-state index contributed by atoms with van der Waals surface area (Å²) in [6.45, 7) is 1.43.